The molecule has 0 aliphatic carbocycles. The van der Waals surface area contributed by atoms with Crippen LogP contribution in [0.1, 0.15) is 55.9 Å². The van der Waals surface area contributed by atoms with Crippen molar-refractivity contribution in [1.82, 2.24) is 10.2 Å². The summed E-state index contributed by atoms with van der Waals surface area (Å²) in [5, 5.41) is 3.05. The quantitative estimate of drug-likeness (QED) is 0.677. The summed E-state index contributed by atoms with van der Waals surface area (Å²) in [5.74, 6) is -0.0965. The first-order valence-electron chi connectivity index (χ1n) is 10.6. The van der Waals surface area contributed by atoms with Gasteiger partial charge in [0.1, 0.15) is 6.04 Å². The van der Waals surface area contributed by atoms with Crippen LogP contribution >= 0.6 is 0 Å². The Labute approximate surface area is 175 Å². The van der Waals surface area contributed by atoms with Gasteiger partial charge in [-0.25, -0.2) is 0 Å². The highest BCUT2D eigenvalue weighted by atomic mass is 16.2. The zero-order valence-corrected chi connectivity index (χ0v) is 18.4. The Hall–Kier alpha value is -2.62. The summed E-state index contributed by atoms with van der Waals surface area (Å²) in [6, 6.07) is 15.6. The van der Waals surface area contributed by atoms with Gasteiger partial charge in [0.2, 0.25) is 11.8 Å². The average Bonchev–Trinajstić information content (AvgIpc) is 2.71. The van der Waals surface area contributed by atoms with Crippen LogP contribution < -0.4 is 5.32 Å². The maximum absolute atomic E-state index is 13.4. The lowest BCUT2D eigenvalue weighted by atomic mass is 10.0. The number of nitrogens with zero attached hydrogens (tertiary/aromatic N) is 1. The second kappa shape index (κ2) is 10.8. The molecule has 2 amide bonds. The zero-order chi connectivity index (χ0) is 21.4. The number of rotatable bonds is 9. The first-order chi connectivity index (χ1) is 13.8. The molecule has 4 nitrogen and oxygen atoms in total. The molecule has 0 bridgehead atoms. The van der Waals surface area contributed by atoms with Crippen LogP contribution in [-0.2, 0) is 22.6 Å². The summed E-state index contributed by atoms with van der Waals surface area (Å²) in [5.41, 5.74) is 4.28. The predicted molar refractivity (Wildman–Crippen MR) is 119 cm³/mol. The zero-order valence-electron chi connectivity index (χ0n) is 18.4. The highest BCUT2D eigenvalue weighted by Gasteiger charge is 2.29. The molecule has 0 unspecified atom stereocenters. The van der Waals surface area contributed by atoms with Crippen LogP contribution in [0.5, 0.6) is 0 Å². The third-order valence-corrected chi connectivity index (χ3v) is 5.43. The third-order valence-electron chi connectivity index (χ3n) is 5.43. The Bertz CT molecular complexity index is 817. The van der Waals surface area contributed by atoms with E-state index in [0.29, 0.717) is 19.4 Å². The molecule has 0 fully saturated rings. The van der Waals surface area contributed by atoms with Gasteiger partial charge in [-0.2, -0.15) is 0 Å². The van der Waals surface area contributed by atoms with Crippen molar-refractivity contribution in [1.29, 1.82) is 0 Å². The van der Waals surface area contributed by atoms with E-state index in [0.717, 1.165) is 28.7 Å². The van der Waals surface area contributed by atoms with Gasteiger partial charge >= 0.3 is 0 Å². The molecule has 0 aliphatic rings. The van der Waals surface area contributed by atoms with Crippen LogP contribution in [0.15, 0.2) is 48.5 Å². The number of benzene rings is 2. The van der Waals surface area contributed by atoms with Gasteiger partial charge in [-0.3, -0.25) is 9.59 Å². The van der Waals surface area contributed by atoms with Crippen molar-refractivity contribution in [3.8, 4) is 0 Å². The molecule has 2 atom stereocenters. The summed E-state index contributed by atoms with van der Waals surface area (Å²) >= 11 is 0. The minimum atomic E-state index is -0.484. The van der Waals surface area contributed by atoms with Crippen LogP contribution in [-0.4, -0.2) is 28.8 Å². The molecular weight excluding hydrogens is 360 g/mol. The molecular formula is C25H34N2O2. The molecule has 0 spiro atoms. The molecule has 2 aromatic carbocycles. The van der Waals surface area contributed by atoms with E-state index in [1.165, 1.54) is 0 Å². The first kappa shape index (κ1) is 22.7. The van der Waals surface area contributed by atoms with Gasteiger partial charge in [0.05, 0.1) is 6.42 Å². The van der Waals surface area contributed by atoms with Gasteiger partial charge in [0.25, 0.3) is 0 Å². The number of hydrogen-bond donors (Lipinski definition) is 1. The Morgan fingerprint density at radius 3 is 2.31 bits per heavy atom. The molecule has 0 saturated heterocycles. The fourth-order valence-corrected chi connectivity index (χ4v) is 3.40. The topological polar surface area (TPSA) is 49.4 Å². The fraction of sp³-hybridized carbons (Fsp3) is 0.440. The van der Waals surface area contributed by atoms with Crippen LogP contribution in [0.4, 0.5) is 0 Å². The van der Waals surface area contributed by atoms with Gasteiger partial charge in [0, 0.05) is 12.6 Å². The van der Waals surface area contributed by atoms with Crippen molar-refractivity contribution in [2.75, 3.05) is 0 Å². The predicted octanol–water partition coefficient (Wildman–Crippen LogP) is 4.57. The molecule has 4 heteroatoms. The molecule has 2 aromatic rings. The maximum Gasteiger partial charge on any atom is 0.243 e. The second-order valence-electron chi connectivity index (χ2n) is 7.86. The highest BCUT2D eigenvalue weighted by Crippen LogP contribution is 2.17. The van der Waals surface area contributed by atoms with Gasteiger partial charge in [0.15, 0.2) is 0 Å². The summed E-state index contributed by atoms with van der Waals surface area (Å²) in [6.45, 7) is 10.5. The summed E-state index contributed by atoms with van der Waals surface area (Å²) in [7, 11) is 0. The van der Waals surface area contributed by atoms with E-state index >= 15 is 0 Å². The smallest absolute Gasteiger partial charge is 0.243 e. The average molecular weight is 395 g/mol. The SMILES string of the molecule is CC[C@@H](C)NC(=O)[C@H](CC)N(Cc1ccccc1)C(=O)Cc1cc(C)ccc1C. The highest BCUT2D eigenvalue weighted by molar-refractivity contribution is 5.88. The Balaban J connectivity index is 2.30. The number of nitrogens with one attached hydrogen (secondary N) is 1. The molecule has 2 rings (SSSR count). The van der Waals surface area contributed by atoms with Crippen molar-refractivity contribution >= 4 is 11.8 Å². The third kappa shape index (κ3) is 6.45. The maximum atomic E-state index is 13.4. The van der Waals surface area contributed by atoms with Gasteiger partial charge in [-0.15, -0.1) is 0 Å². The van der Waals surface area contributed by atoms with Gasteiger partial charge in [-0.05, 0) is 50.3 Å². The van der Waals surface area contributed by atoms with Crippen molar-refractivity contribution in [2.24, 2.45) is 0 Å². The van der Waals surface area contributed by atoms with Gasteiger partial charge in [-0.1, -0.05) is 67.9 Å². The van der Waals surface area contributed by atoms with Crippen LogP contribution in [0.2, 0.25) is 0 Å². The largest absolute Gasteiger partial charge is 0.352 e. The number of amides is 2. The fourth-order valence-electron chi connectivity index (χ4n) is 3.40. The molecule has 1 N–H and O–H groups in total. The lowest BCUT2D eigenvalue weighted by Gasteiger charge is -2.31. The molecule has 0 aromatic heterocycles. The molecule has 29 heavy (non-hydrogen) atoms. The van der Waals surface area contributed by atoms with Crippen molar-refractivity contribution in [2.45, 2.75) is 72.5 Å². The van der Waals surface area contributed by atoms with Crippen molar-refractivity contribution < 1.29 is 9.59 Å². The summed E-state index contributed by atoms with van der Waals surface area (Å²) in [6.07, 6.45) is 1.73. The van der Waals surface area contributed by atoms with Crippen molar-refractivity contribution in [3.63, 3.8) is 0 Å². The first-order valence-corrected chi connectivity index (χ1v) is 10.6. The van der Waals surface area contributed by atoms with Gasteiger partial charge < -0.3 is 10.2 Å². The van der Waals surface area contributed by atoms with E-state index in [2.05, 4.69) is 17.4 Å². The lowest BCUT2D eigenvalue weighted by molar-refractivity contribution is -0.141. The van der Waals surface area contributed by atoms with Crippen LogP contribution in [0.25, 0.3) is 0 Å². The number of carbonyl (C=O) groups excluding carboxylic acids is 2. The van der Waals surface area contributed by atoms with E-state index in [9.17, 15) is 9.59 Å². The Morgan fingerprint density at radius 1 is 1.00 bits per heavy atom. The van der Waals surface area contributed by atoms with E-state index in [1.807, 2.05) is 71.0 Å². The second-order valence-corrected chi connectivity index (χ2v) is 7.86. The van der Waals surface area contributed by atoms with Crippen LogP contribution in [0, 0.1) is 13.8 Å². The van der Waals surface area contributed by atoms with E-state index in [1.54, 1.807) is 4.90 Å². The normalized spacial score (nSPS) is 12.9. The molecule has 156 valence electrons. The molecule has 0 heterocycles. The summed E-state index contributed by atoms with van der Waals surface area (Å²) in [4.78, 5) is 28.1. The van der Waals surface area contributed by atoms with E-state index in [4.69, 9.17) is 0 Å². The standard InChI is InChI=1S/C25H34N2O2/c1-6-20(5)26-25(29)23(7-2)27(17-21-11-9-8-10-12-21)24(28)16-22-15-18(3)13-14-19(22)4/h8-15,20,23H,6-7,16-17H2,1-5H3,(H,26,29)/t20-,23+/m1/s1. The molecule has 0 radical (unpaired) electrons. The van der Waals surface area contributed by atoms with E-state index in [-0.39, 0.29) is 17.9 Å². The summed E-state index contributed by atoms with van der Waals surface area (Å²) < 4.78 is 0. The minimum Gasteiger partial charge on any atom is -0.352 e. The van der Waals surface area contributed by atoms with Crippen LogP contribution in [0.3, 0.4) is 0 Å². The Kier molecular flexibility index (Phi) is 8.44. The Morgan fingerprint density at radius 2 is 1.69 bits per heavy atom. The number of carbonyl (C=O) groups is 2. The lowest BCUT2D eigenvalue weighted by Crippen LogP contribution is -2.51. The minimum absolute atomic E-state index is 0.0197. The van der Waals surface area contributed by atoms with Crippen molar-refractivity contribution in [3.05, 3.63) is 70.8 Å². The number of aryl methyl sites for hydroxylation is 2. The molecule has 0 aliphatic heterocycles. The molecule has 0 saturated carbocycles. The number of hydrogen-bond acceptors (Lipinski definition) is 2. The van der Waals surface area contributed by atoms with E-state index < -0.39 is 6.04 Å². The monoisotopic (exact) mass is 394 g/mol.